The number of rotatable bonds is 2. The second-order valence-corrected chi connectivity index (χ2v) is 3.39. The van der Waals surface area contributed by atoms with Crippen molar-refractivity contribution in [3.63, 3.8) is 0 Å². The Morgan fingerprint density at radius 3 is 2.56 bits per heavy atom. The van der Waals surface area contributed by atoms with Gasteiger partial charge in [0, 0.05) is 13.2 Å². The van der Waals surface area contributed by atoms with Gasteiger partial charge >= 0.3 is 6.09 Å². The number of carbonyl (C=O) groups excluding carboxylic acids is 2. The van der Waals surface area contributed by atoms with E-state index in [2.05, 4.69) is 15.5 Å². The van der Waals surface area contributed by atoms with Crippen LogP contribution in [0, 0.1) is 5.82 Å². The molecular weight excluding hydrogens is 243 g/mol. The molecule has 1 amide bonds. The van der Waals surface area contributed by atoms with Gasteiger partial charge in [0.1, 0.15) is 0 Å². The van der Waals surface area contributed by atoms with Crippen molar-refractivity contribution in [3.05, 3.63) is 23.8 Å². The maximum atomic E-state index is 12.8. The lowest BCUT2D eigenvalue weighted by Gasteiger charge is -2.02. The summed E-state index contributed by atoms with van der Waals surface area (Å²) >= 11 is 0. The summed E-state index contributed by atoms with van der Waals surface area (Å²) in [6, 6.07) is 0. The standard InChI is InChI=1S/C7H5FN2O3.C4H8O/c8-5-1-10-2-6(4(5)3-11)13-7(9)12;1-2-4-5-3-1/h1-3H,(H2,9,12);1-4H2. The molecule has 98 valence electrons. The predicted octanol–water partition coefficient (Wildman–Crippen LogP) is 1.29. The van der Waals surface area contributed by atoms with Crippen molar-refractivity contribution in [2.45, 2.75) is 12.8 Å². The highest BCUT2D eigenvalue weighted by atomic mass is 19.1. The molecule has 0 saturated carbocycles. The van der Waals surface area contributed by atoms with E-state index < -0.39 is 11.9 Å². The average molecular weight is 256 g/mol. The summed E-state index contributed by atoms with van der Waals surface area (Å²) in [5.41, 5.74) is 4.29. The first-order valence-electron chi connectivity index (χ1n) is 5.29. The number of hydrogen-bond donors (Lipinski definition) is 1. The van der Waals surface area contributed by atoms with Crippen LogP contribution in [0.4, 0.5) is 9.18 Å². The van der Waals surface area contributed by atoms with Gasteiger partial charge in [-0.1, -0.05) is 0 Å². The zero-order valence-electron chi connectivity index (χ0n) is 9.60. The third-order valence-electron chi connectivity index (χ3n) is 2.06. The number of aldehydes is 1. The first kappa shape index (κ1) is 14.0. The minimum Gasteiger partial charge on any atom is -0.408 e. The van der Waals surface area contributed by atoms with Crippen molar-refractivity contribution >= 4 is 12.4 Å². The number of nitrogens with two attached hydrogens (primary N) is 1. The van der Waals surface area contributed by atoms with Crippen LogP contribution in [0.15, 0.2) is 12.4 Å². The fourth-order valence-corrected chi connectivity index (χ4v) is 1.24. The summed E-state index contributed by atoms with van der Waals surface area (Å²) in [6.07, 6.45) is 3.50. The Labute approximate surface area is 103 Å². The van der Waals surface area contributed by atoms with Crippen LogP contribution in [0.25, 0.3) is 0 Å². The molecule has 0 spiro atoms. The van der Waals surface area contributed by atoms with Crippen molar-refractivity contribution < 1.29 is 23.5 Å². The molecule has 0 bridgehead atoms. The molecule has 1 saturated heterocycles. The SMILES string of the molecule is C1CCOC1.NC(=O)Oc1cncc(F)c1C=O. The molecule has 1 aliphatic rings. The van der Waals surface area contributed by atoms with Crippen LogP contribution in [0.3, 0.4) is 0 Å². The van der Waals surface area contributed by atoms with Crippen molar-refractivity contribution in [1.29, 1.82) is 0 Å². The molecule has 7 heteroatoms. The van der Waals surface area contributed by atoms with E-state index in [0.29, 0.717) is 0 Å². The molecule has 1 aromatic heterocycles. The Bertz CT molecular complexity index is 414. The Balaban J connectivity index is 0.000000269. The van der Waals surface area contributed by atoms with Gasteiger partial charge in [0.2, 0.25) is 0 Å². The molecule has 0 aromatic carbocycles. The highest BCUT2D eigenvalue weighted by Crippen LogP contribution is 2.17. The maximum absolute atomic E-state index is 12.8. The van der Waals surface area contributed by atoms with Crippen molar-refractivity contribution in [2.24, 2.45) is 5.73 Å². The van der Waals surface area contributed by atoms with Crippen LogP contribution < -0.4 is 10.5 Å². The van der Waals surface area contributed by atoms with Gasteiger partial charge in [-0.05, 0) is 12.8 Å². The van der Waals surface area contributed by atoms with Gasteiger partial charge in [-0.3, -0.25) is 9.78 Å². The summed E-state index contributed by atoms with van der Waals surface area (Å²) < 4.78 is 22.0. The van der Waals surface area contributed by atoms with E-state index in [1.807, 2.05) is 0 Å². The largest absolute Gasteiger partial charge is 0.410 e. The minimum atomic E-state index is -1.13. The summed E-state index contributed by atoms with van der Waals surface area (Å²) in [7, 11) is 0. The Kier molecular flexibility index (Phi) is 5.72. The first-order valence-corrected chi connectivity index (χ1v) is 5.29. The summed E-state index contributed by atoms with van der Waals surface area (Å²) in [6.45, 7) is 2.00. The third-order valence-corrected chi connectivity index (χ3v) is 2.06. The molecule has 0 unspecified atom stereocenters. The lowest BCUT2D eigenvalue weighted by Crippen LogP contribution is -2.17. The molecule has 2 rings (SSSR count). The van der Waals surface area contributed by atoms with E-state index in [1.54, 1.807) is 0 Å². The number of carbonyl (C=O) groups is 2. The molecule has 18 heavy (non-hydrogen) atoms. The zero-order valence-corrected chi connectivity index (χ0v) is 9.60. The zero-order chi connectivity index (χ0) is 13.4. The van der Waals surface area contributed by atoms with Crippen LogP contribution >= 0.6 is 0 Å². The highest BCUT2D eigenvalue weighted by Gasteiger charge is 2.11. The molecule has 0 radical (unpaired) electrons. The second kappa shape index (κ2) is 7.33. The van der Waals surface area contributed by atoms with E-state index >= 15 is 0 Å². The Morgan fingerprint density at radius 2 is 2.11 bits per heavy atom. The average Bonchev–Trinajstić information content (AvgIpc) is 2.87. The number of halogens is 1. The lowest BCUT2D eigenvalue weighted by molar-refractivity contribution is 0.111. The van der Waals surface area contributed by atoms with Gasteiger partial charge < -0.3 is 15.2 Å². The van der Waals surface area contributed by atoms with Gasteiger partial charge in [0.05, 0.1) is 18.0 Å². The smallest absolute Gasteiger partial charge is 0.408 e. The van der Waals surface area contributed by atoms with Crippen molar-refractivity contribution in [2.75, 3.05) is 13.2 Å². The van der Waals surface area contributed by atoms with Crippen LogP contribution in [0.5, 0.6) is 5.75 Å². The van der Waals surface area contributed by atoms with Gasteiger partial charge in [-0.25, -0.2) is 9.18 Å². The topological polar surface area (TPSA) is 91.5 Å². The highest BCUT2D eigenvalue weighted by molar-refractivity contribution is 5.81. The molecule has 0 aliphatic carbocycles. The monoisotopic (exact) mass is 256 g/mol. The number of amides is 1. The van der Waals surface area contributed by atoms with E-state index in [9.17, 15) is 14.0 Å². The van der Waals surface area contributed by atoms with Gasteiger partial charge in [0.25, 0.3) is 0 Å². The van der Waals surface area contributed by atoms with Crippen LogP contribution in [-0.2, 0) is 4.74 Å². The molecule has 6 nitrogen and oxygen atoms in total. The van der Waals surface area contributed by atoms with Gasteiger partial charge in [0.15, 0.2) is 17.9 Å². The fourth-order valence-electron chi connectivity index (χ4n) is 1.24. The summed E-state index contributed by atoms with van der Waals surface area (Å²) in [4.78, 5) is 24.0. The number of primary amides is 1. The summed E-state index contributed by atoms with van der Waals surface area (Å²) in [5, 5.41) is 0. The molecular formula is C11H13FN2O4. The minimum absolute atomic E-state index is 0.218. The quantitative estimate of drug-likeness (QED) is 0.805. The van der Waals surface area contributed by atoms with Crippen LogP contribution in [0.1, 0.15) is 23.2 Å². The van der Waals surface area contributed by atoms with Crippen LogP contribution in [-0.4, -0.2) is 30.6 Å². The third kappa shape index (κ3) is 4.46. The lowest BCUT2D eigenvalue weighted by atomic mass is 10.2. The molecule has 0 atom stereocenters. The van der Waals surface area contributed by atoms with E-state index in [0.717, 1.165) is 25.6 Å². The van der Waals surface area contributed by atoms with Gasteiger partial charge in [-0.2, -0.15) is 0 Å². The number of pyridine rings is 1. The van der Waals surface area contributed by atoms with Gasteiger partial charge in [-0.15, -0.1) is 0 Å². The Morgan fingerprint density at radius 1 is 1.44 bits per heavy atom. The number of aromatic nitrogens is 1. The molecule has 1 aromatic rings. The van der Waals surface area contributed by atoms with Crippen LogP contribution in [0.2, 0.25) is 0 Å². The summed E-state index contributed by atoms with van der Waals surface area (Å²) in [5.74, 6) is -1.16. The number of hydrogen-bond acceptors (Lipinski definition) is 5. The second-order valence-electron chi connectivity index (χ2n) is 3.39. The normalized spacial score (nSPS) is 13.4. The van der Waals surface area contributed by atoms with E-state index in [-0.39, 0.29) is 17.6 Å². The fraction of sp³-hybridized carbons (Fsp3) is 0.364. The first-order chi connectivity index (χ1) is 8.65. The Hall–Kier alpha value is -2.02. The van der Waals surface area contributed by atoms with Crippen molar-refractivity contribution in [1.82, 2.24) is 4.98 Å². The number of ether oxygens (including phenoxy) is 2. The molecule has 2 N–H and O–H groups in total. The van der Waals surface area contributed by atoms with E-state index in [4.69, 9.17) is 4.74 Å². The molecule has 1 fully saturated rings. The predicted molar refractivity (Wildman–Crippen MR) is 59.8 cm³/mol. The molecule has 2 heterocycles. The number of nitrogens with zero attached hydrogens (tertiary/aromatic N) is 1. The molecule has 1 aliphatic heterocycles. The van der Waals surface area contributed by atoms with Crippen molar-refractivity contribution in [3.8, 4) is 5.75 Å². The van der Waals surface area contributed by atoms with E-state index in [1.165, 1.54) is 12.8 Å². The maximum Gasteiger partial charge on any atom is 0.410 e.